The summed E-state index contributed by atoms with van der Waals surface area (Å²) in [6, 6.07) is 9.01. The molecule has 0 amide bonds. The van der Waals surface area contributed by atoms with Gasteiger partial charge in [-0.05, 0) is 42.7 Å². The van der Waals surface area contributed by atoms with Crippen molar-refractivity contribution in [2.75, 3.05) is 17.8 Å². The molecule has 1 fully saturated rings. The van der Waals surface area contributed by atoms with Crippen LogP contribution in [-0.4, -0.2) is 31.5 Å². The topological polar surface area (TPSA) is 106 Å². The van der Waals surface area contributed by atoms with Crippen LogP contribution in [-0.2, 0) is 18.6 Å². The highest BCUT2D eigenvalue weighted by Crippen LogP contribution is 2.34. The summed E-state index contributed by atoms with van der Waals surface area (Å²) < 4.78 is 38.8. The van der Waals surface area contributed by atoms with Crippen LogP contribution >= 0.6 is 0 Å². The number of aromatic nitrogens is 2. The van der Waals surface area contributed by atoms with E-state index in [-0.39, 0.29) is 28.3 Å². The SMILES string of the molecule is CC1CCN([S+]([O-])Nc2ccc(F)c(Oc3ccc4ncn(C)c(=O)c4c3)c2C#N)C1. The lowest BCUT2D eigenvalue weighted by molar-refractivity contribution is 0.441. The summed E-state index contributed by atoms with van der Waals surface area (Å²) in [7, 11) is 1.58. The predicted molar refractivity (Wildman–Crippen MR) is 115 cm³/mol. The van der Waals surface area contributed by atoms with Crippen LogP contribution in [0.1, 0.15) is 18.9 Å². The smallest absolute Gasteiger partial charge is 0.261 e. The second-order valence-corrected chi connectivity index (χ2v) is 8.70. The largest absolute Gasteiger partial charge is 0.573 e. The zero-order valence-corrected chi connectivity index (χ0v) is 17.8. The summed E-state index contributed by atoms with van der Waals surface area (Å²) in [4.78, 5) is 16.5. The molecule has 8 nitrogen and oxygen atoms in total. The number of nitrogens with zero attached hydrogens (tertiary/aromatic N) is 4. The molecule has 1 saturated heterocycles. The molecular formula is C21H20FN5O3S. The maximum absolute atomic E-state index is 14.6. The Morgan fingerprint density at radius 1 is 1.39 bits per heavy atom. The van der Waals surface area contributed by atoms with E-state index in [9.17, 15) is 19.0 Å². The Balaban J connectivity index is 1.66. The van der Waals surface area contributed by atoms with Gasteiger partial charge < -0.3 is 13.9 Å². The summed E-state index contributed by atoms with van der Waals surface area (Å²) in [5.41, 5.74) is 0.291. The molecule has 4 rings (SSSR count). The Bertz CT molecular complexity index is 1240. The molecule has 2 unspecified atom stereocenters. The van der Waals surface area contributed by atoms with Crippen LogP contribution < -0.4 is 15.0 Å². The van der Waals surface area contributed by atoms with Gasteiger partial charge in [-0.3, -0.25) is 4.79 Å². The fourth-order valence-electron chi connectivity index (χ4n) is 3.43. The summed E-state index contributed by atoms with van der Waals surface area (Å²) in [5, 5.41) is 9.97. The van der Waals surface area contributed by atoms with Crippen LogP contribution in [0.3, 0.4) is 0 Å². The van der Waals surface area contributed by atoms with Crippen LogP contribution in [0.4, 0.5) is 10.1 Å². The summed E-state index contributed by atoms with van der Waals surface area (Å²) in [6.07, 6.45) is 2.35. The quantitative estimate of drug-likeness (QED) is 0.607. The van der Waals surface area contributed by atoms with E-state index in [4.69, 9.17) is 4.74 Å². The molecule has 0 bridgehead atoms. The highest BCUT2D eigenvalue weighted by Gasteiger charge is 2.30. The minimum atomic E-state index is -1.56. The molecule has 31 heavy (non-hydrogen) atoms. The first-order valence-electron chi connectivity index (χ1n) is 9.66. The van der Waals surface area contributed by atoms with E-state index in [1.165, 1.54) is 23.0 Å². The van der Waals surface area contributed by atoms with Crippen LogP contribution in [0, 0.1) is 23.1 Å². The van der Waals surface area contributed by atoms with Gasteiger partial charge in [0.2, 0.25) is 0 Å². The molecule has 0 spiro atoms. The number of fused-ring (bicyclic) bond motifs is 1. The number of benzene rings is 2. The molecule has 1 aliphatic rings. The lowest BCUT2D eigenvalue weighted by Crippen LogP contribution is -2.34. The van der Waals surface area contributed by atoms with Crippen molar-refractivity contribution >= 4 is 28.1 Å². The van der Waals surface area contributed by atoms with Gasteiger partial charge in [-0.15, -0.1) is 4.31 Å². The van der Waals surface area contributed by atoms with Gasteiger partial charge in [-0.25, -0.2) is 9.37 Å². The Morgan fingerprint density at radius 2 is 2.19 bits per heavy atom. The Kier molecular flexibility index (Phi) is 5.82. The number of hydrogen-bond acceptors (Lipinski definition) is 7. The number of halogens is 1. The van der Waals surface area contributed by atoms with Crippen LogP contribution in [0.25, 0.3) is 10.9 Å². The zero-order valence-electron chi connectivity index (χ0n) is 17.0. The lowest BCUT2D eigenvalue weighted by Gasteiger charge is -2.20. The number of rotatable bonds is 5. The molecule has 1 aromatic heterocycles. The Labute approximate surface area is 181 Å². The number of hydrogen-bond donors (Lipinski definition) is 1. The molecule has 160 valence electrons. The lowest BCUT2D eigenvalue weighted by atomic mass is 10.1. The van der Waals surface area contributed by atoms with Crippen molar-refractivity contribution in [3.63, 3.8) is 0 Å². The van der Waals surface area contributed by atoms with E-state index in [0.29, 0.717) is 29.9 Å². The average molecular weight is 441 g/mol. The van der Waals surface area contributed by atoms with E-state index in [0.717, 1.165) is 12.5 Å². The van der Waals surface area contributed by atoms with E-state index < -0.39 is 17.4 Å². The highest BCUT2D eigenvalue weighted by atomic mass is 32.2. The Morgan fingerprint density at radius 3 is 2.90 bits per heavy atom. The minimum absolute atomic E-state index is 0.111. The minimum Gasteiger partial charge on any atom is -0.573 e. The van der Waals surface area contributed by atoms with Gasteiger partial charge in [-0.1, -0.05) is 6.92 Å². The third-order valence-electron chi connectivity index (χ3n) is 5.15. The monoisotopic (exact) mass is 441 g/mol. The molecule has 0 aliphatic carbocycles. The van der Waals surface area contributed by atoms with Crippen LogP contribution in [0.15, 0.2) is 41.5 Å². The maximum atomic E-state index is 14.6. The fraction of sp³-hybridized carbons (Fsp3) is 0.286. The number of nitriles is 1. The second kappa shape index (κ2) is 8.55. The first kappa shape index (κ1) is 21.1. The standard InChI is InChI=1S/C21H20FN5O3S/c1-13-7-8-27(11-13)31(29)25-19-6-4-17(22)20(16(19)10-23)30-14-3-5-18-15(9-14)21(28)26(2)12-24-18/h3-6,9,12-13,25H,7-8,11H2,1-2H3. The fourth-order valence-corrected chi connectivity index (χ4v) is 4.58. The molecule has 0 radical (unpaired) electrons. The van der Waals surface area contributed by atoms with Gasteiger partial charge in [0.1, 0.15) is 23.1 Å². The van der Waals surface area contributed by atoms with E-state index >= 15 is 0 Å². The van der Waals surface area contributed by atoms with Crippen molar-refractivity contribution in [3.8, 4) is 17.6 Å². The van der Waals surface area contributed by atoms with Crippen LogP contribution in [0.2, 0.25) is 0 Å². The molecule has 2 aromatic carbocycles. The van der Waals surface area contributed by atoms with Crippen LogP contribution in [0.5, 0.6) is 11.5 Å². The molecule has 1 N–H and O–H groups in total. The second-order valence-electron chi connectivity index (χ2n) is 7.49. The molecule has 10 heteroatoms. The van der Waals surface area contributed by atoms with Gasteiger partial charge in [0.25, 0.3) is 5.56 Å². The van der Waals surface area contributed by atoms with E-state index in [2.05, 4.69) is 16.6 Å². The number of nitrogens with one attached hydrogen (secondary N) is 1. The van der Waals surface area contributed by atoms with Crippen molar-refractivity contribution in [3.05, 3.63) is 58.4 Å². The predicted octanol–water partition coefficient (Wildman–Crippen LogP) is 3.07. The third kappa shape index (κ3) is 4.20. The molecular weight excluding hydrogens is 421 g/mol. The number of aryl methyl sites for hydroxylation is 1. The summed E-state index contributed by atoms with van der Waals surface area (Å²) in [5.74, 6) is -0.441. The molecule has 3 aromatic rings. The van der Waals surface area contributed by atoms with Crippen molar-refractivity contribution in [1.82, 2.24) is 13.9 Å². The number of ether oxygens (including phenoxy) is 1. The molecule has 2 atom stereocenters. The summed E-state index contributed by atoms with van der Waals surface area (Å²) in [6.45, 7) is 3.42. The Hall–Kier alpha value is -3.13. The first-order chi connectivity index (χ1) is 14.9. The molecule has 0 saturated carbocycles. The van der Waals surface area contributed by atoms with Gasteiger partial charge >= 0.3 is 0 Å². The highest BCUT2D eigenvalue weighted by molar-refractivity contribution is 7.90. The van der Waals surface area contributed by atoms with Crippen molar-refractivity contribution in [1.29, 1.82) is 5.26 Å². The maximum Gasteiger partial charge on any atom is 0.261 e. The van der Waals surface area contributed by atoms with Gasteiger partial charge in [0.05, 0.1) is 17.2 Å². The normalized spacial score (nSPS) is 17.5. The van der Waals surface area contributed by atoms with Crippen molar-refractivity contribution in [2.45, 2.75) is 13.3 Å². The van der Waals surface area contributed by atoms with E-state index in [1.807, 2.05) is 6.07 Å². The third-order valence-corrected chi connectivity index (χ3v) is 6.34. The van der Waals surface area contributed by atoms with Gasteiger partial charge in [0.15, 0.2) is 23.1 Å². The average Bonchev–Trinajstić information content (AvgIpc) is 3.20. The molecule has 2 heterocycles. The zero-order chi connectivity index (χ0) is 22.1. The first-order valence-corrected chi connectivity index (χ1v) is 10.8. The number of anilines is 1. The molecule has 1 aliphatic heterocycles. The van der Waals surface area contributed by atoms with Gasteiger partial charge in [-0.2, -0.15) is 9.98 Å². The van der Waals surface area contributed by atoms with Crippen molar-refractivity contribution < 1.29 is 13.7 Å². The summed E-state index contributed by atoms with van der Waals surface area (Å²) >= 11 is -1.56. The van der Waals surface area contributed by atoms with E-state index in [1.54, 1.807) is 23.5 Å². The van der Waals surface area contributed by atoms with Crippen molar-refractivity contribution in [2.24, 2.45) is 13.0 Å². The van der Waals surface area contributed by atoms with Gasteiger partial charge in [0, 0.05) is 20.1 Å².